The maximum absolute atomic E-state index is 11.8. The van der Waals surface area contributed by atoms with Gasteiger partial charge < -0.3 is 20.1 Å². The highest BCUT2D eigenvalue weighted by Gasteiger charge is 2.14. The van der Waals surface area contributed by atoms with Gasteiger partial charge in [0.2, 0.25) is 0 Å². The number of piperidine rings is 1. The van der Waals surface area contributed by atoms with Gasteiger partial charge in [0.05, 0.1) is 20.8 Å². The molecule has 2 N–H and O–H groups in total. The fourth-order valence-corrected chi connectivity index (χ4v) is 2.52. The maximum Gasteiger partial charge on any atom is 0.341 e. The zero-order valence-corrected chi connectivity index (χ0v) is 15.9. The SMILES string of the molecule is COC(=O)c1cc(CN=C(N)N2CCCCC2)ccc1OC.I. The lowest BCUT2D eigenvalue weighted by Crippen LogP contribution is -2.40. The predicted octanol–water partition coefficient (Wildman–Crippen LogP) is 2.40. The summed E-state index contributed by atoms with van der Waals surface area (Å²) in [5.74, 6) is 0.630. The van der Waals surface area contributed by atoms with Gasteiger partial charge in [-0.1, -0.05) is 6.07 Å². The number of methoxy groups -OCH3 is 2. The van der Waals surface area contributed by atoms with E-state index in [1.165, 1.54) is 20.6 Å². The Labute approximate surface area is 154 Å². The molecular formula is C16H24IN3O3. The molecule has 6 nitrogen and oxygen atoms in total. The van der Waals surface area contributed by atoms with Crippen molar-refractivity contribution in [3.05, 3.63) is 29.3 Å². The van der Waals surface area contributed by atoms with Crippen LogP contribution in [0.15, 0.2) is 23.2 Å². The van der Waals surface area contributed by atoms with Gasteiger partial charge in [0.25, 0.3) is 0 Å². The summed E-state index contributed by atoms with van der Waals surface area (Å²) in [6.07, 6.45) is 3.57. The lowest BCUT2D eigenvalue weighted by atomic mass is 10.1. The number of esters is 1. The number of carbonyl (C=O) groups is 1. The largest absolute Gasteiger partial charge is 0.496 e. The third kappa shape index (κ3) is 5.26. The summed E-state index contributed by atoms with van der Waals surface area (Å²) in [6.45, 7) is 2.35. The van der Waals surface area contributed by atoms with Crippen molar-refractivity contribution in [1.29, 1.82) is 0 Å². The highest BCUT2D eigenvalue weighted by Crippen LogP contribution is 2.21. The normalized spacial score (nSPS) is 14.9. The number of benzene rings is 1. The summed E-state index contributed by atoms with van der Waals surface area (Å²) >= 11 is 0. The lowest BCUT2D eigenvalue weighted by molar-refractivity contribution is 0.0597. The van der Waals surface area contributed by atoms with Crippen molar-refractivity contribution in [1.82, 2.24) is 4.90 Å². The molecule has 0 unspecified atom stereocenters. The van der Waals surface area contributed by atoms with Crippen LogP contribution in [-0.4, -0.2) is 44.1 Å². The van der Waals surface area contributed by atoms with Crippen molar-refractivity contribution in [2.75, 3.05) is 27.3 Å². The third-order valence-corrected chi connectivity index (χ3v) is 3.77. The summed E-state index contributed by atoms with van der Waals surface area (Å²) in [4.78, 5) is 18.3. The van der Waals surface area contributed by atoms with Gasteiger partial charge in [-0.3, -0.25) is 0 Å². The fourth-order valence-electron chi connectivity index (χ4n) is 2.52. The van der Waals surface area contributed by atoms with Crippen molar-refractivity contribution in [3.63, 3.8) is 0 Å². The molecule has 128 valence electrons. The number of likely N-dealkylation sites (tertiary alicyclic amines) is 1. The fraction of sp³-hybridized carbons (Fsp3) is 0.500. The quantitative estimate of drug-likeness (QED) is 0.342. The minimum atomic E-state index is -0.424. The minimum Gasteiger partial charge on any atom is -0.496 e. The number of hydrogen-bond donors (Lipinski definition) is 1. The van der Waals surface area contributed by atoms with Gasteiger partial charge in [-0.25, -0.2) is 9.79 Å². The molecule has 1 aromatic rings. The van der Waals surface area contributed by atoms with Crippen LogP contribution in [0, 0.1) is 0 Å². The first-order chi connectivity index (χ1) is 10.7. The van der Waals surface area contributed by atoms with Gasteiger partial charge in [0, 0.05) is 13.1 Å². The Morgan fingerprint density at radius 2 is 1.96 bits per heavy atom. The van der Waals surface area contributed by atoms with Gasteiger partial charge in [0.1, 0.15) is 11.3 Å². The number of nitrogens with two attached hydrogens (primary N) is 1. The third-order valence-electron chi connectivity index (χ3n) is 3.77. The van der Waals surface area contributed by atoms with Crippen molar-refractivity contribution >= 4 is 35.9 Å². The van der Waals surface area contributed by atoms with Crippen LogP contribution in [-0.2, 0) is 11.3 Å². The van der Waals surface area contributed by atoms with E-state index in [9.17, 15) is 4.79 Å². The number of hydrogen-bond acceptors (Lipinski definition) is 4. The smallest absolute Gasteiger partial charge is 0.341 e. The molecule has 1 aliphatic heterocycles. The molecular weight excluding hydrogens is 409 g/mol. The molecule has 0 aromatic heterocycles. The van der Waals surface area contributed by atoms with Crippen LogP contribution in [0.5, 0.6) is 5.75 Å². The van der Waals surface area contributed by atoms with Crippen LogP contribution in [0.3, 0.4) is 0 Å². The van der Waals surface area contributed by atoms with Gasteiger partial charge in [0.15, 0.2) is 5.96 Å². The number of halogens is 1. The van der Waals surface area contributed by atoms with Crippen LogP contribution in [0.25, 0.3) is 0 Å². The van der Waals surface area contributed by atoms with Crippen LogP contribution in [0.2, 0.25) is 0 Å². The molecule has 0 bridgehead atoms. The molecule has 0 atom stereocenters. The Bertz CT molecular complexity index is 558. The monoisotopic (exact) mass is 433 g/mol. The summed E-state index contributed by atoms with van der Waals surface area (Å²) < 4.78 is 9.94. The zero-order chi connectivity index (χ0) is 15.9. The Morgan fingerprint density at radius 3 is 2.57 bits per heavy atom. The van der Waals surface area contributed by atoms with E-state index in [0.29, 0.717) is 23.8 Å². The second-order valence-corrected chi connectivity index (χ2v) is 5.25. The van der Waals surface area contributed by atoms with Gasteiger partial charge >= 0.3 is 5.97 Å². The summed E-state index contributed by atoms with van der Waals surface area (Å²) in [5.41, 5.74) is 7.32. The van der Waals surface area contributed by atoms with Crippen molar-refractivity contribution in [2.45, 2.75) is 25.8 Å². The van der Waals surface area contributed by atoms with E-state index in [2.05, 4.69) is 9.89 Å². The molecule has 0 spiro atoms. The van der Waals surface area contributed by atoms with E-state index < -0.39 is 5.97 Å². The number of ether oxygens (including phenoxy) is 2. The lowest BCUT2D eigenvalue weighted by Gasteiger charge is -2.27. The van der Waals surface area contributed by atoms with Crippen LogP contribution < -0.4 is 10.5 Å². The Balaban J connectivity index is 0.00000264. The Morgan fingerprint density at radius 1 is 1.26 bits per heavy atom. The molecule has 0 aliphatic carbocycles. The molecule has 0 amide bonds. The van der Waals surface area contributed by atoms with Crippen molar-refractivity contribution in [2.24, 2.45) is 10.7 Å². The average Bonchev–Trinajstić information content (AvgIpc) is 2.59. The number of guanidine groups is 1. The molecule has 1 fully saturated rings. The van der Waals surface area contributed by atoms with E-state index >= 15 is 0 Å². The van der Waals surface area contributed by atoms with Crippen molar-refractivity contribution in [3.8, 4) is 5.75 Å². The van der Waals surface area contributed by atoms with Crippen LogP contribution in [0.1, 0.15) is 35.2 Å². The number of rotatable bonds is 4. The second kappa shape index (κ2) is 9.59. The summed E-state index contributed by atoms with van der Waals surface area (Å²) in [6, 6.07) is 5.35. The van der Waals surface area contributed by atoms with Gasteiger partial charge in [-0.2, -0.15) is 0 Å². The Kier molecular flexibility index (Phi) is 8.15. The Hall–Kier alpha value is -1.51. The molecule has 1 aromatic carbocycles. The molecule has 1 aliphatic rings. The maximum atomic E-state index is 11.8. The van der Waals surface area contributed by atoms with Crippen LogP contribution >= 0.6 is 24.0 Å². The highest BCUT2D eigenvalue weighted by molar-refractivity contribution is 14.0. The first kappa shape index (κ1) is 19.5. The van der Waals surface area contributed by atoms with Crippen molar-refractivity contribution < 1.29 is 14.3 Å². The van der Waals surface area contributed by atoms with Gasteiger partial charge in [-0.15, -0.1) is 24.0 Å². The number of aliphatic imine (C=N–C) groups is 1. The highest BCUT2D eigenvalue weighted by atomic mass is 127. The van der Waals surface area contributed by atoms with E-state index in [1.807, 2.05) is 6.07 Å². The van der Waals surface area contributed by atoms with Crippen LogP contribution in [0.4, 0.5) is 0 Å². The topological polar surface area (TPSA) is 77.1 Å². The molecule has 1 saturated heterocycles. The van der Waals surface area contributed by atoms with E-state index in [-0.39, 0.29) is 24.0 Å². The molecule has 7 heteroatoms. The second-order valence-electron chi connectivity index (χ2n) is 5.25. The molecule has 0 saturated carbocycles. The zero-order valence-electron chi connectivity index (χ0n) is 13.6. The summed E-state index contributed by atoms with van der Waals surface area (Å²) in [5, 5.41) is 0. The number of carbonyl (C=O) groups excluding carboxylic acids is 1. The molecule has 2 rings (SSSR count). The van der Waals surface area contributed by atoms with Gasteiger partial charge in [-0.05, 0) is 37.0 Å². The number of nitrogens with zero attached hydrogens (tertiary/aromatic N) is 2. The molecule has 0 radical (unpaired) electrons. The standard InChI is InChI=1S/C16H23N3O3.HI/c1-21-14-7-6-12(10-13(14)15(20)22-2)11-18-16(17)19-8-4-3-5-9-19;/h6-7,10H,3-5,8-9,11H2,1-2H3,(H2,17,18);1H. The summed E-state index contributed by atoms with van der Waals surface area (Å²) in [7, 11) is 2.87. The molecule has 23 heavy (non-hydrogen) atoms. The first-order valence-electron chi connectivity index (χ1n) is 7.46. The minimum absolute atomic E-state index is 0. The molecule has 1 heterocycles. The average molecular weight is 433 g/mol. The van der Waals surface area contributed by atoms with E-state index in [0.717, 1.165) is 31.5 Å². The van der Waals surface area contributed by atoms with E-state index in [4.69, 9.17) is 15.2 Å². The first-order valence-corrected chi connectivity index (χ1v) is 7.46. The van der Waals surface area contributed by atoms with E-state index in [1.54, 1.807) is 12.1 Å². The predicted molar refractivity (Wildman–Crippen MR) is 100 cm³/mol.